The van der Waals surface area contributed by atoms with Crippen molar-refractivity contribution >= 4 is 16.1 Å². The molecule has 0 radical (unpaired) electrons. The largest absolute Gasteiger partial charge is 0.443 e. The van der Waals surface area contributed by atoms with E-state index in [9.17, 15) is 13.2 Å². The number of hydrogen-bond acceptors (Lipinski definition) is 5. The lowest BCUT2D eigenvalue weighted by Crippen LogP contribution is -2.41. The van der Waals surface area contributed by atoms with Crippen LogP contribution in [0.2, 0.25) is 0 Å². The highest BCUT2D eigenvalue weighted by Gasteiger charge is 2.32. The van der Waals surface area contributed by atoms with E-state index < -0.39 is 21.7 Å². The summed E-state index contributed by atoms with van der Waals surface area (Å²) in [6.07, 6.45) is 2.35. The predicted molar refractivity (Wildman–Crippen MR) is 117 cm³/mol. The summed E-state index contributed by atoms with van der Waals surface area (Å²) >= 11 is 0. The van der Waals surface area contributed by atoms with Gasteiger partial charge in [-0.15, -0.1) is 0 Å². The van der Waals surface area contributed by atoms with Crippen LogP contribution in [0.1, 0.15) is 31.9 Å². The van der Waals surface area contributed by atoms with Crippen LogP contribution in [-0.2, 0) is 26.1 Å². The molecule has 0 aliphatic carbocycles. The third kappa shape index (κ3) is 7.31. The normalized spacial score (nSPS) is 12.1. The summed E-state index contributed by atoms with van der Waals surface area (Å²) in [5, 5.41) is 0. The van der Waals surface area contributed by atoms with Gasteiger partial charge in [0.05, 0.1) is 24.7 Å². The van der Waals surface area contributed by atoms with Crippen LogP contribution < -0.4 is 0 Å². The number of carbonyl (C=O) groups is 1. The molecule has 0 aliphatic heterocycles. The number of carbonyl (C=O) groups excluding carboxylic acids is 1. The van der Waals surface area contributed by atoms with Crippen molar-refractivity contribution in [1.29, 1.82) is 0 Å². The smallest absolute Gasteiger partial charge is 0.424 e. The van der Waals surface area contributed by atoms with Gasteiger partial charge in [0.25, 0.3) is 10.0 Å². The molecule has 0 N–H and O–H groups in total. The maximum atomic E-state index is 13.0. The highest BCUT2D eigenvalue weighted by Crippen LogP contribution is 2.20. The topological polar surface area (TPSA) is 72.9 Å². The Labute approximate surface area is 179 Å². The van der Waals surface area contributed by atoms with Crippen LogP contribution in [0.15, 0.2) is 71.6 Å². The zero-order valence-corrected chi connectivity index (χ0v) is 18.7. The lowest BCUT2D eigenvalue weighted by Gasteiger charge is -2.26. The fourth-order valence-electron chi connectivity index (χ4n) is 2.48. The number of benzene rings is 2. The molecule has 0 spiro atoms. The average molecular weight is 432 g/mol. The number of sulfonamides is 1. The summed E-state index contributed by atoms with van der Waals surface area (Å²) in [5.74, 6) is 0. The van der Waals surface area contributed by atoms with E-state index in [-0.39, 0.29) is 11.4 Å². The molecule has 0 saturated heterocycles. The number of hydrogen-bond donors (Lipinski definition) is 0. The molecule has 0 fully saturated rings. The van der Waals surface area contributed by atoms with Gasteiger partial charge < -0.3 is 9.47 Å². The van der Waals surface area contributed by atoms with E-state index in [1.54, 1.807) is 45.1 Å². The van der Waals surface area contributed by atoms with Crippen molar-refractivity contribution in [3.63, 3.8) is 0 Å². The van der Waals surface area contributed by atoms with E-state index in [0.717, 1.165) is 15.4 Å². The summed E-state index contributed by atoms with van der Waals surface area (Å²) in [6.45, 7) is 7.52. The Morgan fingerprint density at radius 1 is 1.00 bits per heavy atom. The Morgan fingerprint density at radius 2 is 1.63 bits per heavy atom. The van der Waals surface area contributed by atoms with Crippen LogP contribution in [0.5, 0.6) is 0 Å². The first-order valence-corrected chi connectivity index (χ1v) is 11.1. The minimum Gasteiger partial charge on any atom is -0.443 e. The molecule has 0 bridgehead atoms. The first-order chi connectivity index (χ1) is 14.1. The molecular formula is C23H29NO5S. The summed E-state index contributed by atoms with van der Waals surface area (Å²) in [7, 11) is -4.06. The van der Waals surface area contributed by atoms with Gasteiger partial charge in [-0.25, -0.2) is 13.2 Å². The van der Waals surface area contributed by atoms with Crippen molar-refractivity contribution < 1.29 is 22.7 Å². The lowest BCUT2D eigenvalue weighted by atomic mass is 10.2. The van der Waals surface area contributed by atoms with Crippen molar-refractivity contribution in [1.82, 2.24) is 4.31 Å². The predicted octanol–water partition coefficient (Wildman–Crippen LogP) is 4.69. The van der Waals surface area contributed by atoms with Gasteiger partial charge in [-0.1, -0.05) is 60.2 Å². The molecule has 7 heteroatoms. The molecule has 2 aromatic rings. The third-order valence-corrected chi connectivity index (χ3v) is 5.72. The summed E-state index contributed by atoms with van der Waals surface area (Å²) in [4.78, 5) is 12.6. The number of ether oxygens (including phenoxy) is 2. The molecular weight excluding hydrogens is 402 g/mol. The maximum absolute atomic E-state index is 13.0. The van der Waals surface area contributed by atoms with Gasteiger partial charge in [-0.05, 0) is 45.4 Å². The van der Waals surface area contributed by atoms with Gasteiger partial charge in [0.15, 0.2) is 0 Å². The molecule has 0 saturated carbocycles. The van der Waals surface area contributed by atoms with Crippen molar-refractivity contribution in [2.75, 3.05) is 13.2 Å². The molecule has 0 atom stereocenters. The fourth-order valence-corrected chi connectivity index (χ4v) is 3.73. The molecule has 0 unspecified atom stereocenters. The second kappa shape index (κ2) is 10.4. The highest BCUT2D eigenvalue weighted by atomic mass is 32.2. The molecule has 2 rings (SSSR count). The van der Waals surface area contributed by atoms with Crippen LogP contribution >= 0.6 is 0 Å². The van der Waals surface area contributed by atoms with Gasteiger partial charge in [0.2, 0.25) is 0 Å². The lowest BCUT2D eigenvalue weighted by molar-refractivity contribution is 0.0404. The average Bonchev–Trinajstić information content (AvgIpc) is 2.67. The Kier molecular flexibility index (Phi) is 8.20. The first kappa shape index (κ1) is 23.6. The molecule has 0 aromatic heterocycles. The van der Waals surface area contributed by atoms with E-state index in [1.165, 1.54) is 12.1 Å². The van der Waals surface area contributed by atoms with Crippen LogP contribution in [0, 0.1) is 6.92 Å². The third-order valence-electron chi connectivity index (χ3n) is 3.97. The van der Waals surface area contributed by atoms with Crippen LogP contribution in [0.25, 0.3) is 0 Å². The molecule has 162 valence electrons. The van der Waals surface area contributed by atoms with Gasteiger partial charge in [0, 0.05) is 0 Å². The van der Waals surface area contributed by atoms with Crippen LogP contribution in [-0.4, -0.2) is 37.6 Å². The summed E-state index contributed by atoms with van der Waals surface area (Å²) in [6, 6.07) is 16.1. The molecule has 0 aliphatic rings. The molecule has 1 amide bonds. The van der Waals surface area contributed by atoms with Gasteiger partial charge in [-0.3, -0.25) is 0 Å². The van der Waals surface area contributed by atoms with E-state index >= 15 is 0 Å². The van der Waals surface area contributed by atoms with E-state index in [2.05, 4.69) is 0 Å². The summed E-state index contributed by atoms with van der Waals surface area (Å²) in [5.41, 5.74) is 1.15. The molecule has 6 nitrogen and oxygen atoms in total. The quantitative estimate of drug-likeness (QED) is 0.448. The SMILES string of the molecule is Cc1ccc(S(=O)(=O)N(C/C=C/COCc2ccccc2)C(=O)OC(C)(C)C)cc1. The Morgan fingerprint density at radius 3 is 2.23 bits per heavy atom. The number of rotatable bonds is 8. The number of nitrogens with zero attached hydrogens (tertiary/aromatic N) is 1. The van der Waals surface area contributed by atoms with Crippen molar-refractivity contribution in [2.45, 2.75) is 44.8 Å². The van der Waals surface area contributed by atoms with Gasteiger partial charge >= 0.3 is 6.09 Å². The molecule has 2 aromatic carbocycles. The second-order valence-electron chi connectivity index (χ2n) is 7.80. The maximum Gasteiger partial charge on any atom is 0.424 e. The van der Waals surface area contributed by atoms with Crippen molar-refractivity contribution in [3.8, 4) is 0 Å². The van der Waals surface area contributed by atoms with E-state index in [1.807, 2.05) is 37.3 Å². The van der Waals surface area contributed by atoms with Gasteiger partial charge in [-0.2, -0.15) is 4.31 Å². The van der Waals surface area contributed by atoms with Crippen LogP contribution in [0.3, 0.4) is 0 Å². The second-order valence-corrected chi connectivity index (χ2v) is 9.66. The Bertz CT molecular complexity index is 945. The van der Waals surface area contributed by atoms with Gasteiger partial charge in [0.1, 0.15) is 5.60 Å². The minimum atomic E-state index is -4.06. The summed E-state index contributed by atoms with van der Waals surface area (Å²) < 4.78 is 37.7. The zero-order chi connectivity index (χ0) is 22.2. The monoisotopic (exact) mass is 431 g/mol. The van der Waals surface area contributed by atoms with Crippen molar-refractivity contribution in [2.24, 2.45) is 0 Å². The Balaban J connectivity index is 2.07. The minimum absolute atomic E-state index is 0.0349. The molecule has 30 heavy (non-hydrogen) atoms. The number of amides is 1. The number of aryl methyl sites for hydroxylation is 1. The van der Waals surface area contributed by atoms with Crippen LogP contribution in [0.4, 0.5) is 4.79 Å². The Hall–Kier alpha value is -2.64. The molecule has 0 heterocycles. The zero-order valence-electron chi connectivity index (χ0n) is 17.9. The highest BCUT2D eigenvalue weighted by molar-refractivity contribution is 7.89. The van der Waals surface area contributed by atoms with Crippen molar-refractivity contribution in [3.05, 3.63) is 77.9 Å². The first-order valence-electron chi connectivity index (χ1n) is 9.69. The standard InChI is InChI=1S/C23H29NO5S/c1-19-12-14-21(15-13-19)30(26,27)24(22(25)29-23(2,3)4)16-8-9-17-28-18-20-10-6-5-7-11-20/h5-15H,16-18H2,1-4H3/b9-8+. The fraction of sp³-hybridized carbons (Fsp3) is 0.348. The van der Waals surface area contributed by atoms with E-state index in [4.69, 9.17) is 9.47 Å². The van der Waals surface area contributed by atoms with E-state index in [0.29, 0.717) is 13.2 Å².